The number of benzene rings is 2. The largest absolute Gasteiger partial charge is 0.280 e. The van der Waals surface area contributed by atoms with E-state index in [2.05, 4.69) is 46.6 Å². The molecule has 0 radical (unpaired) electrons. The van der Waals surface area contributed by atoms with Crippen molar-refractivity contribution in [2.75, 3.05) is 4.72 Å². The molecule has 0 fully saturated rings. The summed E-state index contributed by atoms with van der Waals surface area (Å²) in [5, 5.41) is 0. The van der Waals surface area contributed by atoms with Crippen LogP contribution in [0.1, 0.15) is 76.0 Å². The smallest absolute Gasteiger partial charge is 0.262 e. The van der Waals surface area contributed by atoms with Gasteiger partial charge in [0.25, 0.3) is 10.0 Å². The standard InChI is InChI=1S/C21H28BrNO2S/c1-13(2)16-10-19(14(3)4)21(20(11-16)15(5)6)26(24,25)23-18-9-7-8-17(22)12-18/h7-15,23H,1-6H3. The molecule has 2 rings (SSSR count). The zero-order chi connectivity index (χ0) is 19.6. The molecule has 0 heterocycles. The van der Waals surface area contributed by atoms with Crippen molar-refractivity contribution >= 4 is 31.6 Å². The number of hydrogen-bond donors (Lipinski definition) is 1. The van der Waals surface area contributed by atoms with Gasteiger partial charge in [-0.1, -0.05) is 75.7 Å². The molecule has 2 aromatic carbocycles. The first-order valence-corrected chi connectivity index (χ1v) is 11.3. The molecule has 3 nitrogen and oxygen atoms in total. The van der Waals surface area contributed by atoms with Crippen molar-refractivity contribution in [1.29, 1.82) is 0 Å². The normalized spacial score (nSPS) is 12.2. The zero-order valence-electron chi connectivity index (χ0n) is 16.3. The van der Waals surface area contributed by atoms with Crippen LogP contribution in [0.25, 0.3) is 0 Å². The number of halogens is 1. The minimum absolute atomic E-state index is 0.111. The first-order valence-electron chi connectivity index (χ1n) is 8.99. The Balaban J connectivity index is 2.69. The van der Waals surface area contributed by atoms with Gasteiger partial charge in [0, 0.05) is 10.2 Å². The molecule has 0 saturated carbocycles. The van der Waals surface area contributed by atoms with Crippen LogP contribution >= 0.6 is 15.9 Å². The Bertz CT molecular complexity index is 858. The molecular weight excluding hydrogens is 410 g/mol. The van der Waals surface area contributed by atoms with E-state index < -0.39 is 10.0 Å². The van der Waals surface area contributed by atoms with Crippen molar-refractivity contribution in [3.05, 3.63) is 57.6 Å². The van der Waals surface area contributed by atoms with Crippen LogP contribution in [0.5, 0.6) is 0 Å². The highest BCUT2D eigenvalue weighted by atomic mass is 79.9. The summed E-state index contributed by atoms with van der Waals surface area (Å²) >= 11 is 3.39. The molecule has 1 N–H and O–H groups in total. The summed E-state index contributed by atoms with van der Waals surface area (Å²) in [6.45, 7) is 12.4. The second-order valence-corrected chi connectivity index (χ2v) is 10.1. The van der Waals surface area contributed by atoms with E-state index in [1.165, 1.54) is 5.56 Å². The molecule has 0 aliphatic heterocycles. The van der Waals surface area contributed by atoms with Gasteiger partial charge in [-0.15, -0.1) is 0 Å². The van der Waals surface area contributed by atoms with E-state index in [-0.39, 0.29) is 11.8 Å². The van der Waals surface area contributed by atoms with E-state index in [0.29, 0.717) is 16.5 Å². The molecule has 0 atom stereocenters. The average Bonchev–Trinajstić information content (AvgIpc) is 2.52. The zero-order valence-corrected chi connectivity index (χ0v) is 18.7. The minimum Gasteiger partial charge on any atom is -0.280 e. The molecule has 0 aliphatic carbocycles. The minimum atomic E-state index is -3.69. The molecule has 0 aromatic heterocycles. The third-order valence-corrected chi connectivity index (χ3v) is 6.43. The van der Waals surface area contributed by atoms with Gasteiger partial charge >= 0.3 is 0 Å². The predicted molar refractivity (Wildman–Crippen MR) is 114 cm³/mol. The highest BCUT2D eigenvalue weighted by molar-refractivity contribution is 9.10. The van der Waals surface area contributed by atoms with Crippen LogP contribution in [0.15, 0.2) is 45.8 Å². The molecule has 0 bridgehead atoms. The van der Waals surface area contributed by atoms with Gasteiger partial charge in [0.2, 0.25) is 0 Å². The van der Waals surface area contributed by atoms with Crippen molar-refractivity contribution in [3.63, 3.8) is 0 Å². The van der Waals surface area contributed by atoms with Gasteiger partial charge in [-0.25, -0.2) is 8.42 Å². The monoisotopic (exact) mass is 437 g/mol. The number of anilines is 1. The maximum atomic E-state index is 13.3. The third kappa shape index (κ3) is 4.68. The summed E-state index contributed by atoms with van der Waals surface area (Å²) in [5.41, 5.74) is 3.49. The Kier molecular flexibility index (Phi) is 6.56. The first-order chi connectivity index (χ1) is 12.0. The average molecular weight is 438 g/mol. The lowest BCUT2D eigenvalue weighted by Gasteiger charge is -2.23. The van der Waals surface area contributed by atoms with E-state index in [9.17, 15) is 8.42 Å². The van der Waals surface area contributed by atoms with Crippen molar-refractivity contribution < 1.29 is 8.42 Å². The van der Waals surface area contributed by atoms with Crippen molar-refractivity contribution in [2.24, 2.45) is 0 Å². The number of rotatable bonds is 6. The summed E-state index contributed by atoms with van der Waals surface area (Å²) in [6, 6.07) is 11.3. The quantitative estimate of drug-likeness (QED) is 0.551. The van der Waals surface area contributed by atoms with E-state index in [1.807, 2.05) is 39.8 Å². The van der Waals surface area contributed by atoms with Gasteiger partial charge in [0.1, 0.15) is 0 Å². The van der Waals surface area contributed by atoms with Gasteiger partial charge in [-0.2, -0.15) is 0 Å². The van der Waals surface area contributed by atoms with Crippen LogP contribution in [0, 0.1) is 0 Å². The topological polar surface area (TPSA) is 46.2 Å². The van der Waals surface area contributed by atoms with Crippen LogP contribution in [0.4, 0.5) is 5.69 Å². The SMILES string of the molecule is CC(C)c1cc(C(C)C)c(S(=O)(=O)Nc2cccc(Br)c2)c(C(C)C)c1. The second-order valence-electron chi connectivity index (χ2n) is 7.61. The molecule has 26 heavy (non-hydrogen) atoms. The first kappa shape index (κ1) is 21.0. The van der Waals surface area contributed by atoms with Crippen LogP contribution in [0.2, 0.25) is 0 Å². The molecular formula is C21H28BrNO2S. The van der Waals surface area contributed by atoms with Gasteiger partial charge in [0.15, 0.2) is 0 Å². The molecule has 0 saturated heterocycles. The number of hydrogen-bond acceptors (Lipinski definition) is 2. The Morgan fingerprint density at radius 2 is 1.38 bits per heavy atom. The molecule has 0 unspecified atom stereocenters. The Morgan fingerprint density at radius 1 is 0.846 bits per heavy atom. The summed E-state index contributed by atoms with van der Waals surface area (Å²) in [4.78, 5) is 0.423. The summed E-state index contributed by atoms with van der Waals surface area (Å²) in [6.07, 6.45) is 0. The fraction of sp³-hybridized carbons (Fsp3) is 0.429. The maximum Gasteiger partial charge on any atom is 0.262 e. The van der Waals surface area contributed by atoms with Crippen molar-refractivity contribution in [1.82, 2.24) is 0 Å². The molecule has 2 aromatic rings. The molecule has 0 spiro atoms. The predicted octanol–water partition coefficient (Wildman–Crippen LogP) is 6.62. The van der Waals surface area contributed by atoms with Crippen molar-refractivity contribution in [3.8, 4) is 0 Å². The van der Waals surface area contributed by atoms with Crippen molar-refractivity contribution in [2.45, 2.75) is 64.2 Å². The fourth-order valence-corrected chi connectivity index (χ4v) is 5.11. The van der Waals surface area contributed by atoms with E-state index in [0.717, 1.165) is 15.6 Å². The van der Waals surface area contributed by atoms with E-state index in [4.69, 9.17) is 0 Å². The second kappa shape index (κ2) is 8.13. The Hall–Kier alpha value is -1.33. The highest BCUT2D eigenvalue weighted by Crippen LogP contribution is 2.36. The highest BCUT2D eigenvalue weighted by Gasteiger charge is 2.27. The summed E-state index contributed by atoms with van der Waals surface area (Å²) in [7, 11) is -3.69. The van der Waals surface area contributed by atoms with Gasteiger partial charge < -0.3 is 0 Å². The van der Waals surface area contributed by atoms with Crippen LogP contribution in [-0.4, -0.2) is 8.42 Å². The van der Waals surface area contributed by atoms with Crippen LogP contribution in [0.3, 0.4) is 0 Å². The molecule has 5 heteroatoms. The Morgan fingerprint density at radius 3 is 1.81 bits per heavy atom. The Labute approximate surface area is 166 Å². The number of nitrogens with one attached hydrogen (secondary N) is 1. The number of sulfonamides is 1. The van der Waals surface area contributed by atoms with Crippen LogP contribution in [-0.2, 0) is 10.0 Å². The third-order valence-electron chi connectivity index (χ3n) is 4.42. The molecule has 0 amide bonds. The van der Waals surface area contributed by atoms with E-state index >= 15 is 0 Å². The summed E-state index contributed by atoms with van der Waals surface area (Å²) < 4.78 is 30.2. The maximum absolute atomic E-state index is 13.3. The lowest BCUT2D eigenvalue weighted by Crippen LogP contribution is -2.19. The van der Waals surface area contributed by atoms with Crippen LogP contribution < -0.4 is 4.72 Å². The lowest BCUT2D eigenvalue weighted by molar-refractivity contribution is 0.595. The molecule has 0 aliphatic rings. The van der Waals surface area contributed by atoms with Gasteiger partial charge in [-0.05, 0) is 52.6 Å². The fourth-order valence-electron chi connectivity index (χ4n) is 2.96. The van der Waals surface area contributed by atoms with E-state index in [1.54, 1.807) is 12.1 Å². The lowest BCUT2D eigenvalue weighted by atomic mass is 9.89. The van der Waals surface area contributed by atoms with Gasteiger partial charge in [-0.3, -0.25) is 4.72 Å². The van der Waals surface area contributed by atoms with Gasteiger partial charge in [0.05, 0.1) is 4.90 Å². The molecule has 142 valence electrons. The summed E-state index contributed by atoms with van der Waals surface area (Å²) in [5.74, 6) is 0.570.